The molecule has 0 bridgehead atoms. The Morgan fingerprint density at radius 1 is 1.33 bits per heavy atom. The Balaban J connectivity index is 2.22. The minimum atomic E-state index is -0.330. The Morgan fingerprint density at radius 2 is 2.11 bits per heavy atom. The van der Waals surface area contributed by atoms with Gasteiger partial charge in [0.25, 0.3) is 0 Å². The highest BCUT2D eigenvalue weighted by Gasteiger charge is 2.08. The zero-order valence-electron chi connectivity index (χ0n) is 9.68. The fraction of sp³-hybridized carbons (Fsp3) is 0.0714. The molecular formula is C14H11ClO3. The summed E-state index contributed by atoms with van der Waals surface area (Å²) in [6, 6.07) is 7.91. The normalized spacial score (nSPS) is 11.0. The van der Waals surface area contributed by atoms with E-state index in [0.29, 0.717) is 10.8 Å². The lowest BCUT2D eigenvalue weighted by Gasteiger charge is -2.00. The summed E-state index contributed by atoms with van der Waals surface area (Å²) in [5, 5.41) is 9.97. The topological polar surface area (TPSA) is 50.4 Å². The maximum absolute atomic E-state index is 11.9. The molecule has 3 nitrogen and oxygen atoms in total. The smallest absolute Gasteiger partial charge is 0.189 e. The van der Waals surface area contributed by atoms with Gasteiger partial charge in [0.15, 0.2) is 5.78 Å². The number of furan rings is 1. The van der Waals surface area contributed by atoms with E-state index in [2.05, 4.69) is 0 Å². The van der Waals surface area contributed by atoms with E-state index in [1.807, 2.05) is 6.92 Å². The third kappa shape index (κ3) is 2.81. The molecule has 18 heavy (non-hydrogen) atoms. The van der Waals surface area contributed by atoms with Crippen molar-refractivity contribution in [1.29, 1.82) is 0 Å². The second kappa shape index (κ2) is 5.10. The van der Waals surface area contributed by atoms with Crippen LogP contribution >= 0.6 is 11.6 Å². The van der Waals surface area contributed by atoms with E-state index in [4.69, 9.17) is 16.0 Å². The van der Waals surface area contributed by atoms with E-state index in [0.717, 1.165) is 5.76 Å². The van der Waals surface area contributed by atoms with Gasteiger partial charge in [-0.25, -0.2) is 0 Å². The number of carbonyl (C=O) groups is 1. The van der Waals surface area contributed by atoms with Gasteiger partial charge in [0.1, 0.15) is 17.3 Å². The summed E-state index contributed by atoms with van der Waals surface area (Å²) in [5.41, 5.74) is 0.169. The number of aromatic hydroxyl groups is 1. The number of allylic oxidation sites excluding steroid dienone is 1. The van der Waals surface area contributed by atoms with Gasteiger partial charge in [0, 0.05) is 5.02 Å². The molecular weight excluding hydrogens is 252 g/mol. The van der Waals surface area contributed by atoms with Crippen molar-refractivity contribution in [2.75, 3.05) is 0 Å². The molecule has 92 valence electrons. The molecule has 0 atom stereocenters. The van der Waals surface area contributed by atoms with E-state index >= 15 is 0 Å². The lowest BCUT2D eigenvalue weighted by Crippen LogP contribution is -1.94. The molecule has 1 aromatic heterocycles. The number of benzene rings is 1. The number of carbonyl (C=O) groups excluding carboxylic acids is 1. The van der Waals surface area contributed by atoms with Crippen molar-refractivity contribution >= 4 is 23.5 Å². The first kappa shape index (κ1) is 12.5. The number of ketones is 1. The van der Waals surface area contributed by atoms with Crippen LogP contribution < -0.4 is 0 Å². The van der Waals surface area contributed by atoms with Crippen molar-refractivity contribution in [2.24, 2.45) is 0 Å². The number of hydrogen-bond acceptors (Lipinski definition) is 3. The molecule has 1 heterocycles. The first-order chi connectivity index (χ1) is 8.56. The van der Waals surface area contributed by atoms with E-state index in [9.17, 15) is 9.90 Å². The van der Waals surface area contributed by atoms with Crippen LogP contribution in [0.3, 0.4) is 0 Å². The van der Waals surface area contributed by atoms with Gasteiger partial charge in [0.2, 0.25) is 0 Å². The summed E-state index contributed by atoms with van der Waals surface area (Å²) >= 11 is 5.78. The Hall–Kier alpha value is -2.00. The average Bonchev–Trinajstić information content (AvgIpc) is 2.75. The number of phenolic OH excluding ortho intramolecular Hbond substituents is 1. The van der Waals surface area contributed by atoms with Gasteiger partial charge in [-0.15, -0.1) is 0 Å². The first-order valence-corrected chi connectivity index (χ1v) is 5.71. The number of hydrogen-bond donors (Lipinski definition) is 1. The van der Waals surface area contributed by atoms with Crippen LogP contribution in [0.5, 0.6) is 5.75 Å². The van der Waals surface area contributed by atoms with E-state index in [1.165, 1.54) is 24.3 Å². The SMILES string of the molecule is Cc1ccc(/C=C/C(=O)c2cc(Cl)ccc2O)o1. The molecule has 0 amide bonds. The van der Waals surface area contributed by atoms with Gasteiger partial charge in [-0.1, -0.05) is 11.6 Å². The van der Waals surface area contributed by atoms with Gasteiger partial charge < -0.3 is 9.52 Å². The molecule has 0 aliphatic carbocycles. The molecule has 0 aliphatic heterocycles. The van der Waals surface area contributed by atoms with Crippen LogP contribution in [0.1, 0.15) is 21.9 Å². The number of aryl methyl sites for hydroxylation is 1. The summed E-state index contributed by atoms with van der Waals surface area (Å²) in [6.45, 7) is 1.82. The third-order valence-electron chi connectivity index (χ3n) is 2.38. The molecule has 4 heteroatoms. The van der Waals surface area contributed by atoms with Crippen molar-refractivity contribution in [3.8, 4) is 5.75 Å². The molecule has 0 radical (unpaired) electrons. The van der Waals surface area contributed by atoms with Crippen LogP contribution in [0.25, 0.3) is 6.08 Å². The van der Waals surface area contributed by atoms with Gasteiger partial charge in [-0.3, -0.25) is 4.79 Å². The second-order valence-corrected chi connectivity index (χ2v) is 4.24. The van der Waals surface area contributed by atoms with E-state index in [1.54, 1.807) is 18.2 Å². The standard InChI is InChI=1S/C14H11ClO3/c1-9-2-4-11(18-9)5-7-14(17)12-8-10(15)3-6-13(12)16/h2-8,16H,1H3/b7-5+. The van der Waals surface area contributed by atoms with Crippen LogP contribution in [-0.4, -0.2) is 10.9 Å². The third-order valence-corrected chi connectivity index (χ3v) is 2.62. The highest BCUT2D eigenvalue weighted by atomic mass is 35.5. The molecule has 0 saturated carbocycles. The molecule has 0 spiro atoms. The van der Waals surface area contributed by atoms with Crippen molar-refractivity contribution in [1.82, 2.24) is 0 Å². The lowest BCUT2D eigenvalue weighted by atomic mass is 10.1. The summed E-state index contributed by atoms with van der Waals surface area (Å²) in [5.74, 6) is 0.934. The lowest BCUT2D eigenvalue weighted by molar-refractivity contribution is 0.104. The zero-order chi connectivity index (χ0) is 13.1. The molecule has 0 fully saturated rings. The van der Waals surface area contributed by atoms with Crippen molar-refractivity contribution in [2.45, 2.75) is 6.92 Å². The zero-order valence-corrected chi connectivity index (χ0v) is 10.4. The molecule has 0 unspecified atom stereocenters. The summed E-state index contributed by atoms with van der Waals surface area (Å²) in [4.78, 5) is 11.9. The molecule has 1 N–H and O–H groups in total. The van der Waals surface area contributed by atoms with Crippen LogP contribution in [0.4, 0.5) is 0 Å². The fourth-order valence-electron chi connectivity index (χ4n) is 1.50. The van der Waals surface area contributed by atoms with Crippen LogP contribution in [0.2, 0.25) is 5.02 Å². The van der Waals surface area contributed by atoms with Crippen LogP contribution in [0.15, 0.2) is 40.8 Å². The van der Waals surface area contributed by atoms with Crippen LogP contribution in [-0.2, 0) is 0 Å². The maximum Gasteiger partial charge on any atom is 0.189 e. The van der Waals surface area contributed by atoms with E-state index in [-0.39, 0.29) is 17.1 Å². The van der Waals surface area contributed by atoms with Crippen LogP contribution in [0, 0.1) is 6.92 Å². The van der Waals surface area contributed by atoms with Crippen molar-refractivity contribution in [3.63, 3.8) is 0 Å². The predicted molar refractivity (Wildman–Crippen MR) is 69.9 cm³/mol. The van der Waals surface area contributed by atoms with Gasteiger partial charge in [-0.2, -0.15) is 0 Å². The molecule has 0 saturated heterocycles. The fourth-order valence-corrected chi connectivity index (χ4v) is 1.67. The quantitative estimate of drug-likeness (QED) is 0.675. The van der Waals surface area contributed by atoms with Crippen molar-refractivity contribution < 1.29 is 14.3 Å². The Labute approximate surface area is 109 Å². The number of phenols is 1. The highest BCUT2D eigenvalue weighted by Crippen LogP contribution is 2.22. The molecule has 1 aromatic carbocycles. The number of rotatable bonds is 3. The Bertz CT molecular complexity index is 611. The predicted octanol–water partition coefficient (Wildman–Crippen LogP) is 3.84. The minimum absolute atomic E-state index is 0.0929. The Morgan fingerprint density at radius 3 is 2.78 bits per heavy atom. The van der Waals surface area contributed by atoms with Gasteiger partial charge in [-0.05, 0) is 49.4 Å². The van der Waals surface area contributed by atoms with E-state index < -0.39 is 0 Å². The first-order valence-electron chi connectivity index (χ1n) is 5.33. The summed E-state index contributed by atoms with van der Waals surface area (Å²) in [7, 11) is 0. The Kier molecular flexibility index (Phi) is 3.53. The van der Waals surface area contributed by atoms with Gasteiger partial charge >= 0.3 is 0 Å². The average molecular weight is 263 g/mol. The molecule has 2 rings (SSSR count). The summed E-state index contributed by atoms with van der Waals surface area (Å²) in [6.07, 6.45) is 2.89. The van der Waals surface area contributed by atoms with Gasteiger partial charge in [0.05, 0.1) is 5.56 Å². The largest absolute Gasteiger partial charge is 0.507 e. The number of halogens is 1. The van der Waals surface area contributed by atoms with Crippen molar-refractivity contribution in [3.05, 3.63) is 58.5 Å². The minimum Gasteiger partial charge on any atom is -0.507 e. The second-order valence-electron chi connectivity index (χ2n) is 3.81. The molecule has 2 aromatic rings. The highest BCUT2D eigenvalue weighted by molar-refractivity contribution is 6.31. The monoisotopic (exact) mass is 262 g/mol. The molecule has 0 aliphatic rings. The summed E-state index contributed by atoms with van der Waals surface area (Å²) < 4.78 is 5.30. The maximum atomic E-state index is 11.9.